The minimum absolute atomic E-state index is 0.0231. The van der Waals surface area contributed by atoms with Gasteiger partial charge in [0.1, 0.15) is 5.75 Å². The first kappa shape index (κ1) is 14.0. The fraction of sp³-hybridized carbons (Fsp3) is 0.167. The molecule has 0 aliphatic carbocycles. The van der Waals surface area contributed by atoms with Crippen LogP contribution in [0.25, 0.3) is 5.69 Å². The lowest BCUT2D eigenvalue weighted by Gasteiger charge is -2.09. The molecular formula is C12H11BrN2O3S. The Morgan fingerprint density at radius 2 is 2.37 bits per heavy atom. The van der Waals surface area contributed by atoms with Crippen molar-refractivity contribution in [3.05, 3.63) is 35.1 Å². The van der Waals surface area contributed by atoms with E-state index in [4.69, 9.17) is 9.84 Å². The minimum atomic E-state index is -0.868. The number of carboxylic acids is 1. The van der Waals surface area contributed by atoms with Gasteiger partial charge >= 0.3 is 5.97 Å². The predicted octanol–water partition coefficient (Wildman–Crippen LogP) is 2.82. The van der Waals surface area contributed by atoms with Gasteiger partial charge in [0.05, 0.1) is 23.0 Å². The van der Waals surface area contributed by atoms with Gasteiger partial charge < -0.3 is 9.84 Å². The van der Waals surface area contributed by atoms with Crippen LogP contribution < -0.4 is 4.74 Å². The van der Waals surface area contributed by atoms with Crippen LogP contribution in [0.2, 0.25) is 0 Å². The van der Waals surface area contributed by atoms with Crippen LogP contribution in [-0.4, -0.2) is 33.5 Å². The highest BCUT2D eigenvalue weighted by Gasteiger charge is 2.10. The van der Waals surface area contributed by atoms with Crippen LogP contribution in [0.4, 0.5) is 0 Å². The molecule has 0 unspecified atom stereocenters. The number of carboxylic acid groups (broad SMARTS) is 1. The van der Waals surface area contributed by atoms with E-state index in [1.807, 2.05) is 22.8 Å². The first-order valence-corrected chi connectivity index (χ1v) is 7.11. The van der Waals surface area contributed by atoms with Crippen molar-refractivity contribution >= 4 is 33.7 Å². The number of aromatic nitrogens is 2. The zero-order chi connectivity index (χ0) is 13.8. The Labute approximate surface area is 122 Å². The Bertz CT molecular complexity index is 600. The molecule has 0 bridgehead atoms. The highest BCUT2D eigenvalue weighted by atomic mass is 79.9. The fourth-order valence-corrected chi connectivity index (χ4v) is 2.62. The van der Waals surface area contributed by atoms with Gasteiger partial charge in [-0.2, -0.15) is 0 Å². The van der Waals surface area contributed by atoms with Gasteiger partial charge in [0.15, 0.2) is 5.16 Å². The average Bonchev–Trinajstić information content (AvgIpc) is 2.85. The number of halogens is 1. The van der Waals surface area contributed by atoms with E-state index in [0.29, 0.717) is 10.9 Å². The lowest BCUT2D eigenvalue weighted by molar-refractivity contribution is -0.133. The third kappa shape index (κ3) is 3.30. The standard InChI is InChI=1S/C12H11BrN2O3S/c1-18-10-6-8(2-3-9(10)13)15-5-4-14-12(15)19-7-11(16)17/h2-6H,7H2,1H3,(H,16,17). The van der Waals surface area contributed by atoms with Gasteiger partial charge in [-0.3, -0.25) is 9.36 Å². The van der Waals surface area contributed by atoms with Gasteiger partial charge in [0, 0.05) is 18.5 Å². The van der Waals surface area contributed by atoms with E-state index in [2.05, 4.69) is 20.9 Å². The first-order valence-electron chi connectivity index (χ1n) is 5.33. The number of rotatable bonds is 5. The van der Waals surface area contributed by atoms with Crippen LogP contribution in [0.1, 0.15) is 0 Å². The molecule has 100 valence electrons. The summed E-state index contributed by atoms with van der Waals surface area (Å²) in [5.74, 6) is -0.182. The summed E-state index contributed by atoms with van der Waals surface area (Å²) in [7, 11) is 1.60. The number of imidazole rings is 1. The van der Waals surface area contributed by atoms with E-state index in [0.717, 1.165) is 10.2 Å². The minimum Gasteiger partial charge on any atom is -0.495 e. The lowest BCUT2D eigenvalue weighted by Crippen LogP contribution is -2.01. The maximum Gasteiger partial charge on any atom is 0.313 e. The Kier molecular flexibility index (Phi) is 4.49. The van der Waals surface area contributed by atoms with Gasteiger partial charge in [-0.25, -0.2) is 4.98 Å². The van der Waals surface area contributed by atoms with Crippen LogP contribution >= 0.6 is 27.7 Å². The molecule has 19 heavy (non-hydrogen) atoms. The molecule has 0 atom stereocenters. The van der Waals surface area contributed by atoms with E-state index in [1.54, 1.807) is 19.5 Å². The van der Waals surface area contributed by atoms with Crippen LogP contribution in [0.3, 0.4) is 0 Å². The second-order valence-electron chi connectivity index (χ2n) is 3.58. The Hall–Kier alpha value is -1.47. The molecular weight excluding hydrogens is 332 g/mol. The highest BCUT2D eigenvalue weighted by Crippen LogP contribution is 2.29. The number of methoxy groups -OCH3 is 1. The summed E-state index contributed by atoms with van der Waals surface area (Å²) < 4.78 is 7.92. The number of ether oxygens (including phenoxy) is 1. The van der Waals surface area contributed by atoms with Crippen LogP contribution in [0.5, 0.6) is 5.75 Å². The molecule has 0 fully saturated rings. The molecule has 1 aromatic carbocycles. The van der Waals surface area contributed by atoms with Crippen molar-refractivity contribution in [1.82, 2.24) is 9.55 Å². The van der Waals surface area contributed by atoms with Crippen molar-refractivity contribution in [3.8, 4) is 11.4 Å². The second kappa shape index (κ2) is 6.12. The first-order chi connectivity index (χ1) is 9.11. The molecule has 0 spiro atoms. The van der Waals surface area contributed by atoms with Crippen molar-refractivity contribution in [2.75, 3.05) is 12.9 Å². The number of aliphatic carboxylic acids is 1. The monoisotopic (exact) mass is 342 g/mol. The van der Waals surface area contributed by atoms with Crippen molar-refractivity contribution in [1.29, 1.82) is 0 Å². The highest BCUT2D eigenvalue weighted by molar-refractivity contribution is 9.10. The Morgan fingerprint density at radius 3 is 3.05 bits per heavy atom. The zero-order valence-electron chi connectivity index (χ0n) is 10.0. The summed E-state index contributed by atoms with van der Waals surface area (Å²) in [6, 6.07) is 5.63. The maximum absolute atomic E-state index is 10.6. The molecule has 1 N–H and O–H groups in total. The molecule has 2 aromatic rings. The summed E-state index contributed by atoms with van der Waals surface area (Å²) in [4.78, 5) is 14.8. The van der Waals surface area contributed by atoms with Crippen LogP contribution in [0, 0.1) is 0 Å². The third-order valence-electron chi connectivity index (χ3n) is 2.34. The molecule has 1 heterocycles. The summed E-state index contributed by atoms with van der Waals surface area (Å²) in [6.45, 7) is 0. The predicted molar refractivity (Wildman–Crippen MR) is 76.2 cm³/mol. The third-order valence-corrected chi connectivity index (χ3v) is 3.95. The molecule has 0 saturated heterocycles. The topological polar surface area (TPSA) is 64.4 Å². The molecule has 5 nitrogen and oxygen atoms in total. The molecule has 7 heteroatoms. The largest absolute Gasteiger partial charge is 0.495 e. The van der Waals surface area contributed by atoms with Crippen molar-refractivity contribution in [3.63, 3.8) is 0 Å². The van der Waals surface area contributed by atoms with Crippen molar-refractivity contribution in [2.45, 2.75) is 5.16 Å². The number of hydrogen-bond donors (Lipinski definition) is 1. The van der Waals surface area contributed by atoms with Gasteiger partial charge in [-0.1, -0.05) is 11.8 Å². The Morgan fingerprint density at radius 1 is 1.58 bits per heavy atom. The smallest absolute Gasteiger partial charge is 0.313 e. The zero-order valence-corrected chi connectivity index (χ0v) is 12.4. The normalized spacial score (nSPS) is 10.4. The molecule has 0 amide bonds. The van der Waals surface area contributed by atoms with E-state index in [9.17, 15) is 4.79 Å². The number of benzene rings is 1. The van der Waals surface area contributed by atoms with Crippen molar-refractivity contribution < 1.29 is 14.6 Å². The van der Waals surface area contributed by atoms with Gasteiger partial charge in [0.2, 0.25) is 0 Å². The lowest BCUT2D eigenvalue weighted by atomic mass is 10.3. The summed E-state index contributed by atoms with van der Waals surface area (Å²) in [5.41, 5.74) is 0.866. The number of nitrogens with zero attached hydrogens (tertiary/aromatic N) is 2. The van der Waals surface area contributed by atoms with Crippen molar-refractivity contribution in [2.24, 2.45) is 0 Å². The average molecular weight is 343 g/mol. The van der Waals surface area contributed by atoms with E-state index < -0.39 is 5.97 Å². The molecule has 0 aliphatic heterocycles. The number of hydrogen-bond acceptors (Lipinski definition) is 4. The number of thioether (sulfide) groups is 1. The second-order valence-corrected chi connectivity index (χ2v) is 5.38. The van der Waals surface area contributed by atoms with E-state index in [1.165, 1.54) is 11.8 Å². The molecule has 0 aliphatic rings. The van der Waals surface area contributed by atoms with Gasteiger partial charge in [-0.15, -0.1) is 0 Å². The van der Waals surface area contributed by atoms with E-state index >= 15 is 0 Å². The van der Waals surface area contributed by atoms with Crippen LogP contribution in [0.15, 0.2) is 40.2 Å². The van der Waals surface area contributed by atoms with E-state index in [-0.39, 0.29) is 5.75 Å². The number of carbonyl (C=O) groups is 1. The quantitative estimate of drug-likeness (QED) is 0.846. The molecule has 2 rings (SSSR count). The molecule has 0 saturated carbocycles. The summed E-state index contributed by atoms with van der Waals surface area (Å²) >= 11 is 4.56. The molecule has 1 aromatic heterocycles. The summed E-state index contributed by atoms with van der Waals surface area (Å²) in [5, 5.41) is 9.34. The van der Waals surface area contributed by atoms with Gasteiger partial charge in [0.25, 0.3) is 0 Å². The summed E-state index contributed by atoms with van der Waals surface area (Å²) in [6.07, 6.45) is 3.42. The van der Waals surface area contributed by atoms with Crippen LogP contribution in [-0.2, 0) is 4.79 Å². The SMILES string of the molecule is COc1cc(-n2ccnc2SCC(=O)O)ccc1Br. The fourth-order valence-electron chi connectivity index (χ4n) is 1.52. The molecule has 0 radical (unpaired) electrons. The van der Waals surface area contributed by atoms with Gasteiger partial charge in [-0.05, 0) is 28.1 Å². The maximum atomic E-state index is 10.6. The Balaban J connectivity index is 2.31.